The average molecular weight is 377 g/mol. The van der Waals surface area contributed by atoms with E-state index in [0.29, 0.717) is 12.6 Å². The van der Waals surface area contributed by atoms with Crippen molar-refractivity contribution < 1.29 is 9.59 Å². The summed E-state index contributed by atoms with van der Waals surface area (Å²) >= 11 is 1.57. The van der Waals surface area contributed by atoms with E-state index in [0.717, 1.165) is 62.4 Å². The van der Waals surface area contributed by atoms with Crippen LogP contribution in [0.4, 0.5) is 5.13 Å². The van der Waals surface area contributed by atoms with E-state index in [9.17, 15) is 9.59 Å². The van der Waals surface area contributed by atoms with Crippen LogP contribution in [-0.4, -0.2) is 40.8 Å². The zero-order chi connectivity index (χ0) is 17.9. The molecule has 26 heavy (non-hydrogen) atoms. The Kier molecular flexibility index (Phi) is 5.55. The van der Waals surface area contributed by atoms with Gasteiger partial charge in [0.2, 0.25) is 11.8 Å². The summed E-state index contributed by atoms with van der Waals surface area (Å²) in [6.07, 6.45) is 10.0. The molecule has 2 fully saturated rings. The lowest BCUT2D eigenvalue weighted by atomic mass is 9.85. The maximum absolute atomic E-state index is 12.3. The van der Waals surface area contributed by atoms with Gasteiger partial charge in [-0.2, -0.15) is 0 Å². The van der Waals surface area contributed by atoms with Gasteiger partial charge in [0, 0.05) is 36.3 Å². The zero-order valence-electron chi connectivity index (χ0n) is 15.3. The van der Waals surface area contributed by atoms with Crippen molar-refractivity contribution in [1.82, 2.24) is 15.2 Å². The lowest BCUT2D eigenvalue weighted by Gasteiger charge is -2.27. The third-order valence-corrected chi connectivity index (χ3v) is 6.85. The summed E-state index contributed by atoms with van der Waals surface area (Å²) in [5.41, 5.74) is 1.09. The monoisotopic (exact) mass is 376 g/mol. The van der Waals surface area contributed by atoms with Crippen LogP contribution in [0.25, 0.3) is 0 Å². The number of thiazole rings is 1. The van der Waals surface area contributed by atoms with Crippen molar-refractivity contribution in [2.75, 3.05) is 18.4 Å². The van der Waals surface area contributed by atoms with Gasteiger partial charge >= 0.3 is 0 Å². The average Bonchev–Trinajstić information content (AvgIpc) is 2.95. The van der Waals surface area contributed by atoms with E-state index >= 15 is 0 Å². The summed E-state index contributed by atoms with van der Waals surface area (Å²) in [4.78, 5) is 32.4. The normalized spacial score (nSPS) is 21.7. The Morgan fingerprint density at radius 2 is 1.92 bits per heavy atom. The smallest absolute Gasteiger partial charge is 0.234 e. The molecule has 7 heteroatoms. The molecule has 0 saturated heterocycles. The van der Waals surface area contributed by atoms with Gasteiger partial charge < -0.3 is 10.6 Å². The molecule has 1 aliphatic heterocycles. The number of rotatable bonds is 5. The van der Waals surface area contributed by atoms with Crippen LogP contribution >= 0.6 is 11.3 Å². The van der Waals surface area contributed by atoms with Crippen LogP contribution in [0.15, 0.2) is 0 Å². The Hall–Kier alpha value is -1.47. The predicted molar refractivity (Wildman–Crippen MR) is 102 cm³/mol. The highest BCUT2D eigenvalue weighted by Crippen LogP contribution is 2.31. The highest BCUT2D eigenvalue weighted by molar-refractivity contribution is 7.15. The number of aromatic nitrogens is 1. The highest BCUT2D eigenvalue weighted by atomic mass is 32.1. The molecule has 1 aromatic heterocycles. The lowest BCUT2D eigenvalue weighted by molar-refractivity contribution is -0.123. The molecule has 142 valence electrons. The van der Waals surface area contributed by atoms with Gasteiger partial charge in [-0.1, -0.05) is 25.7 Å². The fourth-order valence-corrected chi connectivity index (χ4v) is 5.09. The minimum absolute atomic E-state index is 0.117. The number of nitrogens with zero attached hydrogens (tertiary/aromatic N) is 2. The van der Waals surface area contributed by atoms with Gasteiger partial charge in [-0.05, 0) is 25.7 Å². The van der Waals surface area contributed by atoms with Crippen LogP contribution in [0.5, 0.6) is 0 Å². The second-order valence-corrected chi connectivity index (χ2v) is 8.95. The maximum Gasteiger partial charge on any atom is 0.234 e. The fraction of sp³-hybridized carbons (Fsp3) is 0.737. The van der Waals surface area contributed by atoms with Crippen molar-refractivity contribution in [2.24, 2.45) is 5.92 Å². The van der Waals surface area contributed by atoms with Crippen LogP contribution in [0, 0.1) is 5.92 Å². The van der Waals surface area contributed by atoms with Gasteiger partial charge in [0.05, 0.1) is 12.2 Å². The first-order valence-corrected chi connectivity index (χ1v) is 10.8. The molecule has 0 bridgehead atoms. The zero-order valence-corrected chi connectivity index (χ0v) is 16.1. The van der Waals surface area contributed by atoms with Crippen molar-refractivity contribution in [2.45, 2.75) is 70.4 Å². The molecule has 2 N–H and O–H groups in total. The Morgan fingerprint density at radius 3 is 2.65 bits per heavy atom. The molecule has 6 nitrogen and oxygen atoms in total. The SMILES string of the molecule is O=C(CN1CCc2nc(NC(=O)C3CCC3)sc2C1)NC1CCCCC1. The van der Waals surface area contributed by atoms with Crippen molar-refractivity contribution >= 4 is 28.3 Å². The molecule has 3 aliphatic rings. The predicted octanol–water partition coefficient (Wildman–Crippen LogP) is 2.69. The molecule has 1 aromatic rings. The van der Waals surface area contributed by atoms with Gasteiger partial charge in [-0.15, -0.1) is 11.3 Å². The molecule has 0 atom stereocenters. The van der Waals surface area contributed by atoms with E-state index in [1.165, 1.54) is 24.1 Å². The van der Waals surface area contributed by atoms with Gasteiger partial charge in [-0.25, -0.2) is 4.98 Å². The number of carbonyl (C=O) groups excluding carboxylic acids is 2. The number of fused-ring (bicyclic) bond motifs is 1. The number of hydrogen-bond acceptors (Lipinski definition) is 5. The van der Waals surface area contributed by atoms with Crippen molar-refractivity contribution in [3.8, 4) is 0 Å². The second kappa shape index (κ2) is 8.05. The molecule has 2 aliphatic carbocycles. The fourth-order valence-electron chi connectivity index (χ4n) is 4.04. The topological polar surface area (TPSA) is 74.3 Å². The number of amides is 2. The maximum atomic E-state index is 12.3. The van der Waals surface area contributed by atoms with Gasteiger partial charge in [0.1, 0.15) is 0 Å². The molecular formula is C19H28N4O2S. The first kappa shape index (κ1) is 17.9. The third-order valence-electron chi connectivity index (χ3n) is 5.85. The molecule has 0 aromatic carbocycles. The quantitative estimate of drug-likeness (QED) is 0.829. The standard InChI is InChI=1S/C19H28N4O2S/c24-17(20-14-7-2-1-3-8-14)12-23-10-9-15-16(11-23)26-19(21-15)22-18(25)13-5-4-6-13/h13-14H,1-12H2,(H,20,24)(H,21,22,25). The molecule has 0 radical (unpaired) electrons. The minimum atomic E-state index is 0.117. The Morgan fingerprint density at radius 1 is 1.12 bits per heavy atom. The number of hydrogen-bond donors (Lipinski definition) is 2. The summed E-state index contributed by atoms with van der Waals surface area (Å²) in [5.74, 6) is 0.436. The van der Waals surface area contributed by atoms with Gasteiger partial charge in [0.25, 0.3) is 0 Å². The van der Waals surface area contributed by atoms with Crippen LogP contribution in [0.1, 0.15) is 61.9 Å². The first-order chi connectivity index (χ1) is 12.7. The van der Waals surface area contributed by atoms with Gasteiger partial charge in [0.15, 0.2) is 5.13 Å². The van der Waals surface area contributed by atoms with E-state index in [1.807, 2.05) is 0 Å². The van der Waals surface area contributed by atoms with E-state index in [4.69, 9.17) is 0 Å². The number of anilines is 1. The van der Waals surface area contributed by atoms with E-state index in [2.05, 4.69) is 20.5 Å². The Bertz CT molecular complexity index is 664. The van der Waals surface area contributed by atoms with E-state index in [-0.39, 0.29) is 17.7 Å². The van der Waals surface area contributed by atoms with Crippen molar-refractivity contribution in [3.63, 3.8) is 0 Å². The highest BCUT2D eigenvalue weighted by Gasteiger charge is 2.27. The molecule has 0 spiro atoms. The van der Waals surface area contributed by atoms with Crippen LogP contribution in [-0.2, 0) is 22.6 Å². The summed E-state index contributed by atoms with van der Waals surface area (Å²) in [6, 6.07) is 0.369. The van der Waals surface area contributed by atoms with E-state index in [1.54, 1.807) is 11.3 Å². The summed E-state index contributed by atoms with van der Waals surface area (Å²) in [7, 11) is 0. The molecular weight excluding hydrogens is 348 g/mol. The van der Waals surface area contributed by atoms with Crippen molar-refractivity contribution in [3.05, 3.63) is 10.6 Å². The van der Waals surface area contributed by atoms with Crippen LogP contribution < -0.4 is 10.6 Å². The third kappa shape index (κ3) is 4.26. The van der Waals surface area contributed by atoms with Crippen LogP contribution in [0.2, 0.25) is 0 Å². The Labute approximate surface area is 158 Å². The van der Waals surface area contributed by atoms with Gasteiger partial charge in [-0.3, -0.25) is 14.5 Å². The Balaban J connectivity index is 1.28. The molecule has 2 heterocycles. The lowest BCUT2D eigenvalue weighted by Crippen LogP contribution is -2.44. The molecule has 2 saturated carbocycles. The molecule has 2 amide bonds. The summed E-state index contributed by atoms with van der Waals surface area (Å²) in [5, 5.41) is 6.90. The summed E-state index contributed by atoms with van der Waals surface area (Å²) in [6.45, 7) is 2.06. The second-order valence-electron chi connectivity index (χ2n) is 7.87. The molecule has 0 unspecified atom stereocenters. The van der Waals surface area contributed by atoms with Crippen LogP contribution in [0.3, 0.4) is 0 Å². The number of carbonyl (C=O) groups is 2. The largest absolute Gasteiger partial charge is 0.352 e. The van der Waals surface area contributed by atoms with Crippen molar-refractivity contribution in [1.29, 1.82) is 0 Å². The number of nitrogens with one attached hydrogen (secondary N) is 2. The van der Waals surface area contributed by atoms with E-state index < -0.39 is 0 Å². The summed E-state index contributed by atoms with van der Waals surface area (Å²) < 4.78 is 0. The minimum Gasteiger partial charge on any atom is -0.352 e. The first-order valence-electron chi connectivity index (χ1n) is 9.98. The molecule has 4 rings (SSSR count).